The van der Waals surface area contributed by atoms with Crippen molar-refractivity contribution >= 4 is 41.0 Å². The van der Waals surface area contributed by atoms with Gasteiger partial charge in [0.2, 0.25) is 0 Å². The molecule has 2 rings (SSSR count). The molecular formula is C19H22N4O6S. The topological polar surface area (TPSA) is 121 Å². The molecule has 160 valence electrons. The van der Waals surface area contributed by atoms with Crippen molar-refractivity contribution in [1.82, 2.24) is 14.9 Å². The molecule has 1 heterocycles. The molecule has 1 amide bonds. The Hall–Kier alpha value is -3.31. The summed E-state index contributed by atoms with van der Waals surface area (Å²) < 4.78 is 16.7. The van der Waals surface area contributed by atoms with Gasteiger partial charge in [0.25, 0.3) is 5.91 Å². The SMILES string of the molecule is CCOC(=O)c1ncn(COCCOC(C)=O)c1NC(=S)NC(=O)c1ccccc1. The van der Waals surface area contributed by atoms with E-state index < -0.39 is 17.8 Å². The van der Waals surface area contributed by atoms with Crippen molar-refractivity contribution in [2.24, 2.45) is 0 Å². The number of carbonyl (C=O) groups excluding carboxylic acids is 3. The first kappa shape index (κ1) is 23.0. The normalized spacial score (nSPS) is 10.2. The first-order chi connectivity index (χ1) is 14.4. The minimum Gasteiger partial charge on any atom is -0.463 e. The molecule has 10 nitrogen and oxygen atoms in total. The van der Waals surface area contributed by atoms with Gasteiger partial charge in [-0.15, -0.1) is 0 Å². The highest BCUT2D eigenvalue weighted by Crippen LogP contribution is 2.16. The Morgan fingerprint density at radius 3 is 2.53 bits per heavy atom. The summed E-state index contributed by atoms with van der Waals surface area (Å²) in [5.41, 5.74) is 0.409. The number of anilines is 1. The van der Waals surface area contributed by atoms with Gasteiger partial charge in [0.05, 0.1) is 19.5 Å². The quantitative estimate of drug-likeness (QED) is 0.345. The van der Waals surface area contributed by atoms with Crippen LogP contribution in [-0.4, -0.2) is 52.3 Å². The molecule has 1 aromatic heterocycles. The Morgan fingerprint density at radius 2 is 1.87 bits per heavy atom. The van der Waals surface area contributed by atoms with Crippen LogP contribution in [0.15, 0.2) is 36.7 Å². The largest absolute Gasteiger partial charge is 0.463 e. The Bertz CT molecular complexity index is 900. The van der Waals surface area contributed by atoms with E-state index in [1.54, 1.807) is 37.3 Å². The van der Waals surface area contributed by atoms with Crippen LogP contribution in [-0.2, 0) is 25.7 Å². The molecule has 30 heavy (non-hydrogen) atoms. The molecule has 0 aliphatic rings. The molecule has 0 unspecified atom stereocenters. The van der Waals surface area contributed by atoms with E-state index in [4.69, 9.17) is 26.4 Å². The zero-order valence-electron chi connectivity index (χ0n) is 16.5. The third kappa shape index (κ3) is 6.94. The fourth-order valence-electron chi connectivity index (χ4n) is 2.27. The van der Waals surface area contributed by atoms with E-state index in [0.717, 1.165) is 0 Å². The van der Waals surface area contributed by atoms with Gasteiger partial charge in [-0.05, 0) is 31.3 Å². The van der Waals surface area contributed by atoms with Crippen molar-refractivity contribution < 1.29 is 28.6 Å². The van der Waals surface area contributed by atoms with Gasteiger partial charge in [0, 0.05) is 12.5 Å². The number of carbonyl (C=O) groups is 3. The molecule has 0 aliphatic heterocycles. The molecule has 0 saturated carbocycles. The van der Waals surface area contributed by atoms with Gasteiger partial charge < -0.3 is 19.5 Å². The Morgan fingerprint density at radius 1 is 1.13 bits per heavy atom. The molecule has 0 radical (unpaired) electrons. The summed E-state index contributed by atoms with van der Waals surface area (Å²) in [5.74, 6) is -1.28. The highest BCUT2D eigenvalue weighted by molar-refractivity contribution is 7.80. The molecule has 0 fully saturated rings. The lowest BCUT2D eigenvalue weighted by Gasteiger charge is -2.14. The van der Waals surface area contributed by atoms with E-state index in [2.05, 4.69) is 15.6 Å². The number of hydrogen-bond acceptors (Lipinski definition) is 8. The molecular weight excluding hydrogens is 412 g/mol. The second-order valence-electron chi connectivity index (χ2n) is 5.78. The average molecular weight is 434 g/mol. The maximum absolute atomic E-state index is 12.3. The van der Waals surface area contributed by atoms with Crippen molar-refractivity contribution in [2.45, 2.75) is 20.6 Å². The van der Waals surface area contributed by atoms with E-state index in [0.29, 0.717) is 5.56 Å². The summed E-state index contributed by atoms with van der Waals surface area (Å²) in [4.78, 5) is 39.3. The fourth-order valence-corrected chi connectivity index (χ4v) is 2.46. The number of amides is 1. The first-order valence-corrected chi connectivity index (χ1v) is 9.44. The maximum atomic E-state index is 12.3. The van der Waals surface area contributed by atoms with Crippen LogP contribution < -0.4 is 10.6 Å². The molecule has 2 aromatic rings. The Labute approximate surface area is 178 Å². The summed E-state index contributed by atoms with van der Waals surface area (Å²) in [5, 5.41) is 5.30. The summed E-state index contributed by atoms with van der Waals surface area (Å²) in [6.45, 7) is 3.35. The van der Waals surface area contributed by atoms with Crippen LogP contribution >= 0.6 is 12.2 Å². The molecule has 2 N–H and O–H groups in total. The van der Waals surface area contributed by atoms with Crippen LogP contribution in [0.3, 0.4) is 0 Å². The molecule has 0 saturated heterocycles. The lowest BCUT2D eigenvalue weighted by atomic mass is 10.2. The lowest BCUT2D eigenvalue weighted by Crippen LogP contribution is -2.35. The third-order valence-electron chi connectivity index (χ3n) is 3.56. The third-order valence-corrected chi connectivity index (χ3v) is 3.77. The van der Waals surface area contributed by atoms with E-state index in [1.165, 1.54) is 17.8 Å². The van der Waals surface area contributed by atoms with Crippen molar-refractivity contribution in [3.8, 4) is 0 Å². The highest BCUT2D eigenvalue weighted by atomic mass is 32.1. The van der Waals surface area contributed by atoms with Crippen molar-refractivity contribution in [3.05, 3.63) is 47.9 Å². The summed E-state index contributed by atoms with van der Waals surface area (Å²) in [6.07, 6.45) is 1.36. The van der Waals surface area contributed by atoms with Gasteiger partial charge in [0.1, 0.15) is 19.2 Å². The summed E-state index contributed by atoms with van der Waals surface area (Å²) >= 11 is 5.20. The second kappa shape index (κ2) is 11.6. The summed E-state index contributed by atoms with van der Waals surface area (Å²) in [6, 6.07) is 8.53. The fraction of sp³-hybridized carbons (Fsp3) is 0.316. The number of imidazole rings is 1. The molecule has 0 bridgehead atoms. The minimum atomic E-state index is -0.657. The van der Waals surface area contributed by atoms with Crippen molar-refractivity contribution in [2.75, 3.05) is 25.1 Å². The van der Waals surface area contributed by atoms with Gasteiger partial charge in [-0.3, -0.25) is 19.5 Å². The number of nitrogens with one attached hydrogen (secondary N) is 2. The van der Waals surface area contributed by atoms with E-state index in [1.807, 2.05) is 0 Å². The number of hydrogen-bond donors (Lipinski definition) is 2. The summed E-state index contributed by atoms with van der Waals surface area (Å²) in [7, 11) is 0. The van der Waals surface area contributed by atoms with Gasteiger partial charge in [-0.25, -0.2) is 9.78 Å². The molecule has 0 aliphatic carbocycles. The number of rotatable bonds is 9. The van der Waals surface area contributed by atoms with E-state index in [-0.39, 0.29) is 43.2 Å². The van der Waals surface area contributed by atoms with Crippen LogP contribution in [0.4, 0.5) is 5.82 Å². The van der Waals surface area contributed by atoms with Crippen LogP contribution in [0.5, 0.6) is 0 Å². The van der Waals surface area contributed by atoms with Gasteiger partial charge in [0.15, 0.2) is 10.8 Å². The van der Waals surface area contributed by atoms with E-state index in [9.17, 15) is 14.4 Å². The maximum Gasteiger partial charge on any atom is 0.360 e. The van der Waals surface area contributed by atoms with Crippen molar-refractivity contribution in [1.29, 1.82) is 0 Å². The van der Waals surface area contributed by atoms with Crippen molar-refractivity contribution in [3.63, 3.8) is 0 Å². The number of ether oxygens (including phenoxy) is 3. The Kier molecular flexibility index (Phi) is 8.91. The lowest BCUT2D eigenvalue weighted by molar-refractivity contribution is -0.142. The monoisotopic (exact) mass is 434 g/mol. The number of aromatic nitrogens is 2. The molecule has 1 aromatic carbocycles. The number of nitrogens with zero attached hydrogens (tertiary/aromatic N) is 2. The molecule has 0 atom stereocenters. The number of thiocarbonyl (C=S) groups is 1. The zero-order chi connectivity index (χ0) is 21.9. The second-order valence-corrected chi connectivity index (χ2v) is 6.19. The van der Waals surface area contributed by atoms with Crippen LogP contribution in [0.1, 0.15) is 34.7 Å². The van der Waals surface area contributed by atoms with Crippen LogP contribution in [0.2, 0.25) is 0 Å². The smallest absolute Gasteiger partial charge is 0.360 e. The first-order valence-electron chi connectivity index (χ1n) is 9.03. The highest BCUT2D eigenvalue weighted by Gasteiger charge is 2.21. The Balaban J connectivity index is 2.07. The zero-order valence-corrected chi connectivity index (χ0v) is 17.4. The van der Waals surface area contributed by atoms with Gasteiger partial charge in [-0.2, -0.15) is 0 Å². The van der Waals surface area contributed by atoms with Gasteiger partial charge in [-0.1, -0.05) is 18.2 Å². The number of esters is 2. The standard InChI is InChI=1S/C19H22N4O6S/c1-3-28-18(26)15-16(23(11-20-15)12-27-9-10-29-13(2)24)21-19(30)22-17(25)14-7-5-4-6-8-14/h4-8,11H,3,9-10,12H2,1-2H3,(H2,21,22,25,30). The van der Waals surface area contributed by atoms with Crippen LogP contribution in [0.25, 0.3) is 0 Å². The average Bonchev–Trinajstić information content (AvgIpc) is 3.10. The number of benzene rings is 1. The molecule has 11 heteroatoms. The predicted octanol–water partition coefficient (Wildman–Crippen LogP) is 1.72. The van der Waals surface area contributed by atoms with Crippen LogP contribution in [0, 0.1) is 0 Å². The van der Waals surface area contributed by atoms with Gasteiger partial charge >= 0.3 is 11.9 Å². The molecule has 0 spiro atoms. The predicted molar refractivity (Wildman–Crippen MR) is 111 cm³/mol. The minimum absolute atomic E-state index is 0.00868. The van der Waals surface area contributed by atoms with E-state index >= 15 is 0 Å².